The van der Waals surface area contributed by atoms with E-state index in [-0.39, 0.29) is 29.7 Å². The molecule has 43 heavy (non-hydrogen) atoms. The number of benzene rings is 1. The number of aromatic hydroxyl groups is 1. The molecule has 20 heteroatoms. The normalized spacial score (nSPS) is 25.0. The highest BCUT2D eigenvalue weighted by atomic mass is 32.3. The molecule has 0 bridgehead atoms. The van der Waals surface area contributed by atoms with E-state index in [1.54, 1.807) is 20.2 Å². The smallest absolute Gasteiger partial charge is 0.394 e. The lowest BCUT2D eigenvalue weighted by Gasteiger charge is -2.50. The molecule has 0 heterocycles. The van der Waals surface area contributed by atoms with Gasteiger partial charge in [0.15, 0.2) is 11.4 Å². The number of carbonyl (C=O) groups excluding carboxylic acids is 3. The maximum atomic E-state index is 13.7. The van der Waals surface area contributed by atoms with Crippen molar-refractivity contribution in [3.8, 4) is 5.75 Å². The number of primary amides is 1. The molecule has 0 aromatic heterocycles. The SMILES string of the molecule is CN(C)c1ccc(O)c2c1C[C@H]1C[C@H]3[C@H](N(C)C)C(=O)C(C(N)=O)=C(O)[C@@]3(O)C(=O)C1=C2O.O=S(=O)(O)O.O=S(=O)(O)O. The Morgan fingerprint density at radius 1 is 0.953 bits per heavy atom. The number of hydrogen-bond acceptors (Lipinski definition) is 13. The van der Waals surface area contributed by atoms with Crippen LogP contribution in [-0.2, 0) is 41.6 Å². The van der Waals surface area contributed by atoms with Gasteiger partial charge in [0.05, 0.1) is 11.6 Å². The van der Waals surface area contributed by atoms with E-state index in [0.717, 1.165) is 5.69 Å². The molecule has 18 nitrogen and oxygen atoms in total. The van der Waals surface area contributed by atoms with Gasteiger partial charge in [-0.05, 0) is 50.6 Å². The number of phenols is 1. The summed E-state index contributed by atoms with van der Waals surface area (Å²) in [5, 5.41) is 43.9. The Kier molecular flexibility index (Phi) is 10.1. The van der Waals surface area contributed by atoms with Gasteiger partial charge in [0.25, 0.3) is 5.91 Å². The van der Waals surface area contributed by atoms with Crippen LogP contribution in [0.3, 0.4) is 0 Å². The summed E-state index contributed by atoms with van der Waals surface area (Å²) >= 11 is 0. The van der Waals surface area contributed by atoms with Crippen molar-refractivity contribution in [2.75, 3.05) is 33.1 Å². The third kappa shape index (κ3) is 7.30. The van der Waals surface area contributed by atoms with Crippen LogP contribution in [0.1, 0.15) is 17.5 Å². The van der Waals surface area contributed by atoms with Crippen molar-refractivity contribution in [3.05, 3.63) is 40.2 Å². The highest BCUT2D eigenvalue weighted by molar-refractivity contribution is 7.80. The fourth-order valence-electron chi connectivity index (χ4n) is 5.65. The van der Waals surface area contributed by atoms with E-state index < -0.39 is 78.8 Å². The van der Waals surface area contributed by atoms with E-state index in [4.69, 9.17) is 40.8 Å². The Morgan fingerprint density at radius 2 is 1.44 bits per heavy atom. The number of nitrogens with zero attached hydrogens (tertiary/aromatic N) is 2. The molecule has 0 spiro atoms. The van der Waals surface area contributed by atoms with E-state index in [1.807, 2.05) is 19.0 Å². The van der Waals surface area contributed by atoms with Crippen molar-refractivity contribution >= 4 is 49.7 Å². The van der Waals surface area contributed by atoms with Crippen LogP contribution in [0.4, 0.5) is 5.69 Å². The summed E-state index contributed by atoms with van der Waals surface area (Å²) in [5.74, 6) is -6.54. The summed E-state index contributed by atoms with van der Waals surface area (Å²) in [5.41, 5.74) is 3.15. The highest BCUT2D eigenvalue weighted by Crippen LogP contribution is 2.53. The first-order valence-corrected chi connectivity index (χ1v) is 14.7. The first kappa shape index (κ1) is 35.6. The maximum absolute atomic E-state index is 13.7. The summed E-state index contributed by atoms with van der Waals surface area (Å²) in [6, 6.07) is 2.01. The second-order valence-electron chi connectivity index (χ2n) is 10.2. The topological polar surface area (TPSA) is 314 Å². The number of rotatable bonds is 3. The second-order valence-corrected chi connectivity index (χ2v) is 12.0. The van der Waals surface area contributed by atoms with Crippen LogP contribution >= 0.6 is 0 Å². The number of aliphatic hydroxyl groups is 3. The third-order valence-electron chi connectivity index (χ3n) is 7.06. The minimum absolute atomic E-state index is 0.0638. The number of Topliss-reactive ketones (excluding diaryl/α,β-unsaturated/α-hetero) is 2. The maximum Gasteiger partial charge on any atom is 0.394 e. The van der Waals surface area contributed by atoms with Gasteiger partial charge in [0, 0.05) is 31.3 Å². The molecule has 1 amide bonds. The molecule has 1 fully saturated rings. The zero-order chi connectivity index (χ0) is 33.6. The molecule has 4 rings (SSSR count). The van der Waals surface area contributed by atoms with E-state index in [9.17, 15) is 34.8 Å². The number of likely N-dealkylation sites (N-methyl/N-ethyl adjacent to an activating group) is 1. The molecule has 10 N–H and O–H groups in total. The van der Waals surface area contributed by atoms with Crippen molar-refractivity contribution in [1.29, 1.82) is 0 Å². The van der Waals surface area contributed by atoms with Gasteiger partial charge in [0.2, 0.25) is 5.78 Å². The molecule has 0 aliphatic heterocycles. The summed E-state index contributed by atoms with van der Waals surface area (Å²) in [4.78, 5) is 42.0. The average molecular weight is 654 g/mol. The fourth-order valence-corrected chi connectivity index (χ4v) is 5.65. The lowest BCUT2D eigenvalue weighted by molar-refractivity contribution is -0.153. The van der Waals surface area contributed by atoms with Gasteiger partial charge in [-0.2, -0.15) is 16.8 Å². The van der Waals surface area contributed by atoms with E-state index in [2.05, 4.69) is 0 Å². The van der Waals surface area contributed by atoms with Gasteiger partial charge in [-0.25, -0.2) is 0 Å². The monoisotopic (exact) mass is 653 g/mol. The molecule has 1 saturated carbocycles. The van der Waals surface area contributed by atoms with Gasteiger partial charge in [-0.3, -0.25) is 37.5 Å². The van der Waals surface area contributed by atoms with E-state index >= 15 is 0 Å². The van der Waals surface area contributed by atoms with Crippen LogP contribution in [0.5, 0.6) is 5.75 Å². The molecule has 0 radical (unpaired) electrons. The third-order valence-corrected chi connectivity index (χ3v) is 7.06. The number of amides is 1. The Bertz CT molecular complexity index is 1580. The Morgan fingerprint density at radius 3 is 1.86 bits per heavy atom. The van der Waals surface area contributed by atoms with Crippen molar-refractivity contribution in [2.24, 2.45) is 17.6 Å². The minimum atomic E-state index is -4.67. The minimum Gasteiger partial charge on any atom is -0.508 e. The average Bonchev–Trinajstić information content (AvgIpc) is 2.78. The standard InChI is InChI=1S/C23H27N3O7.2H2O4S/c1-25(2)12-5-6-13(27)15-10(12)7-9-8-11-17(26(3)4)19(29)16(22(24)32)21(31)23(11,33)20(30)14(9)18(15)28;2*1-5(2,3)4/h5-6,9,11,17,27-28,31,33H,7-8H2,1-4H3,(H2,24,32);2*(H2,1,2,3,4)/t9-,11-,17-,23-;;/m0../s1. The number of anilines is 1. The Labute approximate surface area is 245 Å². The van der Waals surface area contributed by atoms with Gasteiger partial charge < -0.3 is 31.1 Å². The summed E-state index contributed by atoms with van der Waals surface area (Å²) < 4.78 is 63.2. The largest absolute Gasteiger partial charge is 0.508 e. The van der Waals surface area contributed by atoms with Crippen molar-refractivity contribution in [2.45, 2.75) is 24.5 Å². The molecular formula is C23H31N3O15S2. The van der Waals surface area contributed by atoms with Crippen LogP contribution in [0.15, 0.2) is 29.0 Å². The number of fused-ring (bicyclic) bond motifs is 3. The first-order valence-electron chi connectivity index (χ1n) is 11.9. The van der Waals surface area contributed by atoms with Gasteiger partial charge >= 0.3 is 20.8 Å². The fraction of sp³-hybridized carbons (Fsp3) is 0.435. The molecular weight excluding hydrogens is 622 g/mol. The highest BCUT2D eigenvalue weighted by Gasteiger charge is 2.64. The predicted octanol–water partition coefficient (Wildman–Crippen LogP) is -1.28. The zero-order valence-corrected chi connectivity index (χ0v) is 24.7. The zero-order valence-electron chi connectivity index (χ0n) is 23.0. The second kappa shape index (κ2) is 12.2. The van der Waals surface area contributed by atoms with Crippen LogP contribution in [0.2, 0.25) is 0 Å². The van der Waals surface area contributed by atoms with Crippen LogP contribution < -0.4 is 10.6 Å². The summed E-state index contributed by atoms with van der Waals surface area (Å²) in [7, 11) is -2.58. The van der Waals surface area contributed by atoms with E-state index in [0.29, 0.717) is 5.56 Å². The molecule has 1 aromatic rings. The van der Waals surface area contributed by atoms with Gasteiger partial charge in [-0.15, -0.1) is 0 Å². The number of carbonyl (C=O) groups is 3. The van der Waals surface area contributed by atoms with Crippen LogP contribution in [0.25, 0.3) is 5.76 Å². The lowest BCUT2D eigenvalue weighted by Crippen LogP contribution is -2.65. The van der Waals surface area contributed by atoms with Crippen molar-refractivity contribution in [1.82, 2.24) is 4.90 Å². The molecule has 4 atom stereocenters. The molecule has 0 saturated heterocycles. The summed E-state index contributed by atoms with van der Waals surface area (Å²) in [6.07, 6.45) is 0.324. The van der Waals surface area contributed by atoms with Crippen molar-refractivity contribution < 1.29 is 69.9 Å². The predicted molar refractivity (Wildman–Crippen MR) is 147 cm³/mol. The number of hydrogen-bond donors (Lipinski definition) is 9. The quantitative estimate of drug-likeness (QED) is 0.135. The van der Waals surface area contributed by atoms with Gasteiger partial charge in [0.1, 0.15) is 22.8 Å². The molecule has 1 aromatic carbocycles. The summed E-state index contributed by atoms with van der Waals surface area (Å²) in [6.45, 7) is 0. The molecule has 3 aliphatic rings. The molecule has 3 aliphatic carbocycles. The van der Waals surface area contributed by atoms with Crippen LogP contribution in [0, 0.1) is 11.8 Å². The van der Waals surface area contributed by atoms with Crippen molar-refractivity contribution in [3.63, 3.8) is 0 Å². The first-order chi connectivity index (χ1) is 19.3. The number of ketones is 2. The number of phenolic OH excluding ortho intramolecular Hbond substituents is 1. The molecule has 240 valence electrons. The number of aliphatic hydroxyl groups excluding tert-OH is 2. The Hall–Kier alpha value is -3.63. The van der Waals surface area contributed by atoms with Gasteiger partial charge in [-0.1, -0.05) is 0 Å². The van der Waals surface area contributed by atoms with Crippen LogP contribution in [-0.4, -0.2) is 118 Å². The lowest BCUT2D eigenvalue weighted by atomic mass is 9.57. The Balaban J connectivity index is 0.000000559. The molecule has 0 unspecified atom stereocenters. The number of nitrogens with two attached hydrogens (primary N) is 1. The van der Waals surface area contributed by atoms with E-state index in [1.165, 1.54) is 11.0 Å².